The van der Waals surface area contributed by atoms with E-state index in [9.17, 15) is 9.59 Å². The number of methoxy groups -OCH3 is 1. The van der Waals surface area contributed by atoms with Crippen molar-refractivity contribution in [1.29, 1.82) is 0 Å². The molecule has 4 nitrogen and oxygen atoms in total. The van der Waals surface area contributed by atoms with Gasteiger partial charge in [-0.15, -0.1) is 23.5 Å². The Hall–Kier alpha value is -0.270. The summed E-state index contributed by atoms with van der Waals surface area (Å²) in [5, 5.41) is 3.06. The standard InChI is InChI=1S/C21H39NO3S3/c1-10-11-12-27-19(26)28-21(7,8)16(17(23)22-14(2)3)13-20(5,6)15(4)18(24)25-9/h14-16H,10-13H2,1-9H3,(H,22,23). The molecule has 1 N–H and O–H groups in total. The van der Waals surface area contributed by atoms with Crippen LogP contribution in [0.3, 0.4) is 0 Å². The van der Waals surface area contributed by atoms with Crippen LogP contribution in [0.2, 0.25) is 0 Å². The summed E-state index contributed by atoms with van der Waals surface area (Å²) in [6.45, 7) is 16.2. The Balaban J connectivity index is 5.52. The van der Waals surface area contributed by atoms with Crippen LogP contribution >= 0.6 is 35.7 Å². The average Bonchev–Trinajstić information content (AvgIpc) is 2.57. The molecule has 0 fully saturated rings. The number of thiocarbonyl (C=S) groups is 1. The second-order valence-corrected chi connectivity index (χ2v) is 12.8. The highest BCUT2D eigenvalue weighted by atomic mass is 32.2. The van der Waals surface area contributed by atoms with Crippen LogP contribution in [-0.2, 0) is 14.3 Å². The molecule has 2 atom stereocenters. The fourth-order valence-corrected chi connectivity index (χ4v) is 6.24. The lowest BCUT2D eigenvalue weighted by atomic mass is 9.70. The number of esters is 1. The van der Waals surface area contributed by atoms with Crippen LogP contribution in [0.15, 0.2) is 0 Å². The molecule has 0 aromatic heterocycles. The zero-order valence-corrected chi connectivity index (χ0v) is 21.5. The quantitative estimate of drug-likeness (QED) is 0.249. The van der Waals surface area contributed by atoms with E-state index >= 15 is 0 Å². The number of rotatable bonds is 11. The van der Waals surface area contributed by atoms with Crippen LogP contribution < -0.4 is 5.32 Å². The predicted octanol–water partition coefficient (Wildman–Crippen LogP) is 5.68. The van der Waals surface area contributed by atoms with E-state index in [1.54, 1.807) is 23.5 Å². The summed E-state index contributed by atoms with van der Waals surface area (Å²) in [6.07, 6.45) is 2.85. The molecule has 0 saturated carbocycles. The van der Waals surface area contributed by atoms with Crippen molar-refractivity contribution in [1.82, 2.24) is 5.32 Å². The molecule has 0 bridgehead atoms. The van der Waals surface area contributed by atoms with Gasteiger partial charge in [-0.05, 0) is 51.7 Å². The first-order chi connectivity index (χ1) is 12.8. The lowest BCUT2D eigenvalue weighted by Gasteiger charge is -2.40. The average molecular weight is 450 g/mol. The molecule has 0 aromatic rings. The molecule has 1 amide bonds. The highest BCUT2D eigenvalue weighted by Crippen LogP contribution is 2.44. The number of carbonyl (C=O) groups is 2. The van der Waals surface area contributed by atoms with Crippen molar-refractivity contribution in [2.75, 3.05) is 12.9 Å². The molecule has 164 valence electrons. The van der Waals surface area contributed by atoms with Gasteiger partial charge in [-0.25, -0.2) is 0 Å². The number of thioether (sulfide) groups is 2. The van der Waals surface area contributed by atoms with E-state index in [0.29, 0.717) is 6.42 Å². The number of amides is 1. The Labute approximate surface area is 186 Å². The van der Waals surface area contributed by atoms with Gasteiger partial charge in [0.05, 0.1) is 18.9 Å². The number of nitrogens with one attached hydrogen (secondary N) is 1. The van der Waals surface area contributed by atoms with Crippen molar-refractivity contribution in [2.45, 2.75) is 85.4 Å². The van der Waals surface area contributed by atoms with Gasteiger partial charge in [-0.2, -0.15) is 0 Å². The van der Waals surface area contributed by atoms with Gasteiger partial charge in [0.1, 0.15) is 3.53 Å². The Bertz CT molecular complexity index is 533. The van der Waals surface area contributed by atoms with Crippen molar-refractivity contribution < 1.29 is 14.3 Å². The smallest absolute Gasteiger partial charge is 0.308 e. The lowest BCUT2D eigenvalue weighted by molar-refractivity contribution is -0.150. The third-order valence-electron chi connectivity index (χ3n) is 5.11. The van der Waals surface area contributed by atoms with E-state index < -0.39 is 0 Å². The first kappa shape index (κ1) is 27.7. The summed E-state index contributed by atoms with van der Waals surface area (Å²) >= 11 is 8.87. The molecule has 28 heavy (non-hydrogen) atoms. The Morgan fingerprint density at radius 1 is 1.14 bits per heavy atom. The Kier molecular flexibility index (Phi) is 12.3. The largest absolute Gasteiger partial charge is 0.469 e. The van der Waals surface area contributed by atoms with Gasteiger partial charge in [0, 0.05) is 10.8 Å². The number of hydrogen-bond acceptors (Lipinski definition) is 6. The van der Waals surface area contributed by atoms with Gasteiger partial charge >= 0.3 is 5.97 Å². The molecular formula is C21H39NO3S3. The van der Waals surface area contributed by atoms with Crippen LogP contribution in [0, 0.1) is 17.3 Å². The van der Waals surface area contributed by atoms with Gasteiger partial charge in [0.15, 0.2) is 0 Å². The van der Waals surface area contributed by atoms with Crippen molar-refractivity contribution in [3.63, 3.8) is 0 Å². The van der Waals surface area contributed by atoms with Crippen molar-refractivity contribution >= 4 is 51.1 Å². The molecule has 2 unspecified atom stereocenters. The minimum Gasteiger partial charge on any atom is -0.469 e. The second-order valence-electron chi connectivity index (χ2n) is 8.81. The monoisotopic (exact) mass is 449 g/mol. The first-order valence-electron chi connectivity index (χ1n) is 10.0. The zero-order valence-electron chi connectivity index (χ0n) is 19.0. The molecule has 0 radical (unpaired) electrons. The van der Waals surface area contributed by atoms with E-state index in [2.05, 4.69) is 26.1 Å². The van der Waals surface area contributed by atoms with E-state index in [4.69, 9.17) is 17.0 Å². The van der Waals surface area contributed by atoms with E-state index in [1.807, 2.05) is 34.6 Å². The van der Waals surface area contributed by atoms with Crippen LogP contribution in [0.1, 0.15) is 74.7 Å². The number of carbonyl (C=O) groups excluding carboxylic acids is 2. The van der Waals surface area contributed by atoms with Gasteiger partial charge in [0.2, 0.25) is 5.91 Å². The molecule has 7 heteroatoms. The topological polar surface area (TPSA) is 55.4 Å². The lowest BCUT2D eigenvalue weighted by Crippen LogP contribution is -2.47. The van der Waals surface area contributed by atoms with Crippen LogP contribution in [0.4, 0.5) is 0 Å². The van der Waals surface area contributed by atoms with Crippen molar-refractivity contribution in [3.8, 4) is 0 Å². The van der Waals surface area contributed by atoms with Gasteiger partial charge < -0.3 is 10.1 Å². The molecule has 0 spiro atoms. The van der Waals surface area contributed by atoms with Crippen molar-refractivity contribution in [2.24, 2.45) is 17.3 Å². The van der Waals surface area contributed by atoms with Crippen molar-refractivity contribution in [3.05, 3.63) is 0 Å². The second kappa shape index (κ2) is 12.4. The molecule has 0 aliphatic heterocycles. The maximum atomic E-state index is 13.1. The maximum absolute atomic E-state index is 13.1. The molecule has 0 heterocycles. The molecule has 0 saturated heterocycles. The fourth-order valence-electron chi connectivity index (χ4n) is 2.85. The van der Waals surface area contributed by atoms with Gasteiger partial charge in [-0.3, -0.25) is 9.59 Å². The summed E-state index contributed by atoms with van der Waals surface area (Å²) in [5.74, 6) is 0.181. The minimum atomic E-state index is -0.388. The number of ether oxygens (including phenoxy) is 1. The third kappa shape index (κ3) is 9.49. The molecule has 0 aliphatic rings. The Morgan fingerprint density at radius 2 is 1.71 bits per heavy atom. The van der Waals surface area contributed by atoms with E-state index in [0.717, 1.165) is 22.1 Å². The summed E-state index contributed by atoms with van der Waals surface area (Å²) in [4.78, 5) is 25.2. The number of hydrogen-bond donors (Lipinski definition) is 1. The Morgan fingerprint density at radius 3 is 2.18 bits per heavy atom. The summed E-state index contributed by atoms with van der Waals surface area (Å²) in [6, 6.07) is 0.0582. The minimum absolute atomic E-state index is 0.0130. The summed E-state index contributed by atoms with van der Waals surface area (Å²) < 4.78 is 5.43. The van der Waals surface area contributed by atoms with Crippen LogP contribution in [0.5, 0.6) is 0 Å². The first-order valence-corrected chi connectivity index (χ1v) is 12.2. The summed E-state index contributed by atoms with van der Waals surface area (Å²) in [5.41, 5.74) is -0.388. The maximum Gasteiger partial charge on any atom is 0.308 e. The number of unbranched alkanes of at least 4 members (excludes halogenated alkanes) is 1. The van der Waals surface area contributed by atoms with Crippen LogP contribution in [0.25, 0.3) is 0 Å². The molecule has 0 aliphatic carbocycles. The zero-order chi connectivity index (χ0) is 22.1. The van der Waals surface area contributed by atoms with Gasteiger partial charge in [-0.1, -0.05) is 46.3 Å². The highest BCUT2D eigenvalue weighted by molar-refractivity contribution is 8.47. The summed E-state index contributed by atoms with van der Waals surface area (Å²) in [7, 11) is 1.41. The molecular weight excluding hydrogens is 410 g/mol. The fraction of sp³-hybridized carbons (Fsp3) is 0.857. The van der Waals surface area contributed by atoms with Gasteiger partial charge in [0.25, 0.3) is 0 Å². The molecule has 0 rings (SSSR count). The highest BCUT2D eigenvalue weighted by Gasteiger charge is 2.43. The molecule has 0 aromatic carbocycles. The normalized spacial score (nSPS) is 14.5. The SMILES string of the molecule is CCCCSC(=S)SC(C)(C)C(CC(C)(C)C(C)C(=O)OC)C(=O)NC(C)C. The predicted molar refractivity (Wildman–Crippen MR) is 128 cm³/mol. The van der Waals surface area contributed by atoms with E-state index in [-0.39, 0.29) is 39.9 Å². The third-order valence-corrected chi connectivity index (χ3v) is 8.02. The van der Waals surface area contributed by atoms with E-state index in [1.165, 1.54) is 7.11 Å². The van der Waals surface area contributed by atoms with Crippen LogP contribution in [-0.4, -0.2) is 39.1 Å².